The van der Waals surface area contributed by atoms with Gasteiger partial charge >= 0.3 is 6.18 Å². The lowest BCUT2D eigenvalue weighted by atomic mass is 9.88. The molecule has 1 aliphatic rings. The Morgan fingerprint density at radius 1 is 1.44 bits per heavy atom. The number of primary amides is 1. The molecular weight excluding hydrogens is 382 g/mol. The van der Waals surface area contributed by atoms with E-state index in [4.69, 9.17) is 5.73 Å². The summed E-state index contributed by atoms with van der Waals surface area (Å²) in [6.45, 7) is 4.94. The molecule has 2 atom stereocenters. The van der Waals surface area contributed by atoms with E-state index in [-0.39, 0.29) is 22.6 Å². The number of fused-ring (bicyclic) bond motifs is 1. The number of nitrogens with two attached hydrogens (primary N) is 1. The maximum Gasteiger partial charge on any atom is 0.436 e. The van der Waals surface area contributed by atoms with Gasteiger partial charge in [-0.05, 0) is 27.2 Å². The van der Waals surface area contributed by atoms with Gasteiger partial charge in [0.05, 0.1) is 4.90 Å². The number of rotatable bonds is 3. The molecule has 1 aromatic rings. The van der Waals surface area contributed by atoms with E-state index < -0.39 is 45.2 Å². The number of nitrogens with one attached hydrogen (secondary N) is 1. The number of carbonyl (C=O) groups is 1. The Morgan fingerprint density at radius 2 is 2.04 bits per heavy atom. The van der Waals surface area contributed by atoms with E-state index in [0.29, 0.717) is 0 Å². The third-order valence-corrected chi connectivity index (χ3v) is 6.41. The zero-order chi connectivity index (χ0) is 19.2. The van der Waals surface area contributed by atoms with E-state index in [1.54, 1.807) is 20.8 Å². The van der Waals surface area contributed by atoms with Gasteiger partial charge in [-0.25, -0.2) is 9.37 Å². The smallest absolute Gasteiger partial charge is 0.436 e. The van der Waals surface area contributed by atoms with Gasteiger partial charge in [-0.1, -0.05) is 0 Å². The van der Waals surface area contributed by atoms with Crippen LogP contribution >= 0.6 is 11.8 Å². The van der Waals surface area contributed by atoms with Crippen LogP contribution in [0.2, 0.25) is 0 Å². The van der Waals surface area contributed by atoms with E-state index in [0.717, 1.165) is 18.0 Å². The summed E-state index contributed by atoms with van der Waals surface area (Å²) in [5.74, 6) is -2.38. The van der Waals surface area contributed by atoms with Crippen molar-refractivity contribution in [2.45, 2.75) is 48.5 Å². The molecule has 2 rings (SSSR count). The van der Waals surface area contributed by atoms with Crippen molar-refractivity contribution >= 4 is 29.0 Å². The standard InChI is InChI=1S/C14H17F4N3O2S2/c1-12(2,3)25(23)21-13(11(19)22)4-5-24-9-7(13)6-20-10(8(9)15)14(16,17)18/h6,21H,4-5H2,1-3H3,(H2,19,22). The summed E-state index contributed by atoms with van der Waals surface area (Å²) in [5, 5.41) is 0. The van der Waals surface area contributed by atoms with Gasteiger partial charge in [0.1, 0.15) is 4.75 Å². The predicted octanol–water partition coefficient (Wildman–Crippen LogP) is 2.47. The van der Waals surface area contributed by atoms with E-state index >= 15 is 0 Å². The molecule has 0 aliphatic carbocycles. The van der Waals surface area contributed by atoms with Crippen LogP contribution in [0.5, 0.6) is 0 Å². The van der Waals surface area contributed by atoms with Crippen LogP contribution < -0.4 is 10.5 Å². The topological polar surface area (TPSA) is 91.1 Å². The maximum atomic E-state index is 14.4. The fraction of sp³-hybridized carbons (Fsp3) is 0.571. The molecule has 2 unspecified atom stereocenters. The molecule has 0 spiro atoms. The number of aromatic nitrogens is 1. The lowest BCUT2D eigenvalue weighted by Crippen LogP contribution is -2.59. The molecule has 1 aromatic heterocycles. The molecule has 1 amide bonds. The van der Waals surface area contributed by atoms with Crippen molar-refractivity contribution in [1.82, 2.24) is 9.71 Å². The number of amides is 1. The summed E-state index contributed by atoms with van der Waals surface area (Å²) in [4.78, 5) is 14.9. The molecule has 140 valence electrons. The molecule has 25 heavy (non-hydrogen) atoms. The number of carbonyl (C=O) groups excluding carboxylic acids is 1. The average Bonchev–Trinajstić information content (AvgIpc) is 2.45. The summed E-state index contributed by atoms with van der Waals surface area (Å²) in [7, 11) is 0. The summed E-state index contributed by atoms with van der Waals surface area (Å²) < 4.78 is 67.3. The Kier molecular flexibility index (Phi) is 5.35. The molecule has 0 bridgehead atoms. The van der Waals surface area contributed by atoms with Crippen LogP contribution in [-0.4, -0.2) is 25.9 Å². The number of hydrogen-bond acceptors (Lipinski definition) is 5. The minimum Gasteiger partial charge on any atom is -0.598 e. The molecule has 0 aromatic carbocycles. The van der Waals surface area contributed by atoms with Crippen LogP contribution in [0.15, 0.2) is 11.1 Å². The first-order chi connectivity index (χ1) is 11.3. The van der Waals surface area contributed by atoms with Gasteiger partial charge < -0.3 is 10.3 Å². The first-order valence-corrected chi connectivity index (χ1v) is 9.33. The third kappa shape index (κ3) is 3.74. The highest BCUT2D eigenvalue weighted by Gasteiger charge is 2.50. The van der Waals surface area contributed by atoms with Crippen molar-refractivity contribution in [3.05, 3.63) is 23.3 Å². The fourth-order valence-electron chi connectivity index (χ4n) is 2.28. The number of hydrogen-bond donors (Lipinski definition) is 2. The van der Waals surface area contributed by atoms with Crippen molar-refractivity contribution in [1.29, 1.82) is 0 Å². The number of thioether (sulfide) groups is 1. The Bertz CT molecular complexity index is 694. The minimum absolute atomic E-state index is 0.0499. The third-order valence-electron chi connectivity index (χ3n) is 3.67. The van der Waals surface area contributed by atoms with Gasteiger partial charge in [0.25, 0.3) is 0 Å². The molecular formula is C14H17F4N3O2S2. The molecule has 0 saturated heterocycles. The SMILES string of the molecule is CC(C)(C)[S+]([O-])NC1(C(N)=O)CCSc2c1cnc(C(F)(F)F)c2F. The number of alkyl halides is 3. The number of halogens is 4. The molecule has 0 fully saturated rings. The summed E-state index contributed by atoms with van der Waals surface area (Å²) in [6, 6.07) is 0. The minimum atomic E-state index is -4.96. The molecule has 3 N–H and O–H groups in total. The fourth-order valence-corrected chi connectivity index (χ4v) is 4.43. The van der Waals surface area contributed by atoms with Crippen molar-refractivity contribution in [2.24, 2.45) is 5.73 Å². The summed E-state index contributed by atoms with van der Waals surface area (Å²) in [5.41, 5.74) is 1.93. The van der Waals surface area contributed by atoms with Gasteiger partial charge in [-0.15, -0.1) is 16.5 Å². The van der Waals surface area contributed by atoms with Crippen LogP contribution in [0.4, 0.5) is 17.6 Å². The van der Waals surface area contributed by atoms with Gasteiger partial charge in [-0.2, -0.15) is 13.2 Å². The van der Waals surface area contributed by atoms with Crippen molar-refractivity contribution in [3.8, 4) is 0 Å². The van der Waals surface area contributed by atoms with E-state index in [9.17, 15) is 26.9 Å². The second-order valence-electron chi connectivity index (χ2n) is 6.51. The highest BCUT2D eigenvalue weighted by atomic mass is 32.2. The Labute approximate surface area is 149 Å². The Hall–Kier alpha value is -1.04. The predicted molar refractivity (Wildman–Crippen MR) is 86.4 cm³/mol. The molecule has 1 aliphatic heterocycles. The van der Waals surface area contributed by atoms with Gasteiger partial charge in [-0.3, -0.25) is 4.79 Å². The Balaban J connectivity index is 2.61. The molecule has 5 nitrogen and oxygen atoms in total. The van der Waals surface area contributed by atoms with Crippen molar-refractivity contribution in [3.63, 3.8) is 0 Å². The zero-order valence-corrected chi connectivity index (χ0v) is 15.3. The second kappa shape index (κ2) is 6.60. The zero-order valence-electron chi connectivity index (χ0n) is 13.7. The monoisotopic (exact) mass is 399 g/mol. The maximum absolute atomic E-state index is 14.4. The number of nitrogens with zero attached hydrogens (tertiary/aromatic N) is 1. The van der Waals surface area contributed by atoms with E-state index in [1.165, 1.54) is 0 Å². The van der Waals surface area contributed by atoms with Gasteiger partial charge in [0.15, 0.2) is 17.1 Å². The van der Waals surface area contributed by atoms with Crippen molar-refractivity contribution in [2.75, 3.05) is 5.75 Å². The van der Waals surface area contributed by atoms with Crippen molar-refractivity contribution < 1.29 is 26.9 Å². The van der Waals surface area contributed by atoms with Gasteiger partial charge in [0.2, 0.25) is 5.91 Å². The first kappa shape index (κ1) is 20.3. The second-order valence-corrected chi connectivity index (χ2v) is 9.58. The highest BCUT2D eigenvalue weighted by molar-refractivity contribution is 7.99. The lowest BCUT2D eigenvalue weighted by Gasteiger charge is -2.38. The lowest BCUT2D eigenvalue weighted by molar-refractivity contribution is -0.144. The molecule has 2 heterocycles. The van der Waals surface area contributed by atoms with Crippen LogP contribution in [0, 0.1) is 5.82 Å². The van der Waals surface area contributed by atoms with Gasteiger partial charge in [0, 0.05) is 28.9 Å². The average molecular weight is 399 g/mol. The summed E-state index contributed by atoms with van der Waals surface area (Å²) in [6.07, 6.45) is -4.13. The molecule has 0 saturated carbocycles. The van der Waals surface area contributed by atoms with Crippen LogP contribution in [-0.2, 0) is 27.9 Å². The normalized spacial score (nSPS) is 22.4. The largest absolute Gasteiger partial charge is 0.598 e. The Morgan fingerprint density at radius 3 is 2.52 bits per heavy atom. The molecule has 11 heteroatoms. The quantitative estimate of drug-likeness (QED) is 0.602. The van der Waals surface area contributed by atoms with Crippen LogP contribution in [0.25, 0.3) is 0 Å². The van der Waals surface area contributed by atoms with E-state index in [2.05, 4.69) is 9.71 Å². The first-order valence-electron chi connectivity index (χ1n) is 7.19. The summed E-state index contributed by atoms with van der Waals surface area (Å²) >= 11 is -0.926. The van der Waals surface area contributed by atoms with E-state index in [1.807, 2.05) is 0 Å². The molecule has 0 radical (unpaired) electrons. The highest BCUT2D eigenvalue weighted by Crippen LogP contribution is 2.44. The van der Waals surface area contributed by atoms with Crippen LogP contribution in [0.1, 0.15) is 38.4 Å². The number of pyridine rings is 1. The van der Waals surface area contributed by atoms with Crippen LogP contribution in [0.3, 0.4) is 0 Å².